The predicted octanol–water partition coefficient (Wildman–Crippen LogP) is 5.60. The number of hydrogen-bond acceptors (Lipinski definition) is 4. The van der Waals surface area contributed by atoms with Gasteiger partial charge in [-0.25, -0.2) is 8.42 Å². The maximum Gasteiger partial charge on any atom is 0.265 e. The summed E-state index contributed by atoms with van der Waals surface area (Å²) in [6.45, 7) is 4.98. The molecule has 2 amide bonds. The average Bonchev–Trinajstić information content (AvgIpc) is 3.22. The quantitative estimate of drug-likeness (QED) is 0.235. The van der Waals surface area contributed by atoms with Crippen LogP contribution in [-0.4, -0.2) is 44.3 Å². The number of nitrogens with zero attached hydrogens (tertiary/aromatic N) is 2. The van der Waals surface area contributed by atoms with Crippen LogP contribution >= 0.6 is 0 Å². The molecular weight excluding hydrogens is 546 g/mol. The molecule has 0 radical (unpaired) electrons. The van der Waals surface area contributed by atoms with Gasteiger partial charge in [0, 0.05) is 37.9 Å². The summed E-state index contributed by atoms with van der Waals surface area (Å²) < 4.78 is 28.3. The topological polar surface area (TPSA) is 86.8 Å². The van der Waals surface area contributed by atoms with E-state index in [4.69, 9.17) is 0 Å². The third-order valence-electron chi connectivity index (χ3n) is 7.73. The van der Waals surface area contributed by atoms with Gasteiger partial charge in [0.05, 0.1) is 10.6 Å². The molecular formula is C34H37N3O4S. The number of benzene rings is 4. The number of nitrogens with one attached hydrogen (secondary N) is 1. The van der Waals surface area contributed by atoms with E-state index in [-0.39, 0.29) is 31.3 Å². The molecule has 7 nitrogen and oxygen atoms in total. The molecule has 1 unspecified atom stereocenters. The van der Waals surface area contributed by atoms with E-state index in [1.807, 2.05) is 92.7 Å². The number of carbonyl (C=O) groups excluding carboxylic acids is 2. The molecule has 0 aliphatic carbocycles. The van der Waals surface area contributed by atoms with Crippen molar-refractivity contribution in [2.75, 3.05) is 17.4 Å². The van der Waals surface area contributed by atoms with Gasteiger partial charge >= 0.3 is 0 Å². The number of sulfonamides is 1. The van der Waals surface area contributed by atoms with Crippen molar-refractivity contribution >= 4 is 38.3 Å². The van der Waals surface area contributed by atoms with Crippen LogP contribution < -0.4 is 9.62 Å². The van der Waals surface area contributed by atoms with E-state index < -0.39 is 16.1 Å². The molecule has 1 heterocycles. The number of anilines is 1. The number of carbonyl (C=O) groups is 2. The van der Waals surface area contributed by atoms with E-state index >= 15 is 0 Å². The highest BCUT2D eigenvalue weighted by atomic mass is 32.2. The highest BCUT2D eigenvalue weighted by Crippen LogP contribution is 2.42. The summed E-state index contributed by atoms with van der Waals surface area (Å²) in [5.74, 6) is -0.374. The second kappa shape index (κ2) is 12.8. The standard InChI is InChI=1S/C34H37N3O4S/c1-3-21-35-34(39)30(23-26-10-5-4-6-11-26)36(24-27-19-17-25(2)18-20-27)32(38)16-9-22-37-29-14-7-12-28-13-8-15-31(33(28)29)42(37,40)41/h4-8,10-15,17-20,30H,3,9,16,21-24H2,1-2H3,(H,35,39). The molecule has 0 aromatic heterocycles. The Labute approximate surface area is 248 Å². The molecule has 0 spiro atoms. The van der Waals surface area contributed by atoms with Crippen molar-refractivity contribution in [3.05, 3.63) is 108 Å². The Balaban J connectivity index is 1.38. The molecule has 0 bridgehead atoms. The van der Waals surface area contributed by atoms with E-state index in [9.17, 15) is 18.0 Å². The number of aryl methyl sites for hydroxylation is 1. The van der Waals surface area contributed by atoms with Gasteiger partial charge in [0.15, 0.2) is 0 Å². The molecule has 8 heteroatoms. The third-order valence-corrected chi connectivity index (χ3v) is 9.58. The zero-order valence-corrected chi connectivity index (χ0v) is 24.9. The van der Waals surface area contributed by atoms with Crippen molar-refractivity contribution in [1.82, 2.24) is 10.2 Å². The Morgan fingerprint density at radius 2 is 1.60 bits per heavy atom. The molecule has 4 aromatic rings. The largest absolute Gasteiger partial charge is 0.354 e. The molecule has 0 fully saturated rings. The van der Waals surface area contributed by atoms with Crippen LogP contribution in [0.3, 0.4) is 0 Å². The van der Waals surface area contributed by atoms with Crippen molar-refractivity contribution in [3.63, 3.8) is 0 Å². The molecule has 4 aromatic carbocycles. The van der Waals surface area contributed by atoms with Gasteiger partial charge in [0.2, 0.25) is 11.8 Å². The molecule has 1 atom stereocenters. The van der Waals surface area contributed by atoms with Crippen LogP contribution in [0.2, 0.25) is 0 Å². The molecule has 0 saturated carbocycles. The molecule has 42 heavy (non-hydrogen) atoms. The minimum absolute atomic E-state index is 0.108. The Kier molecular flexibility index (Phi) is 8.92. The smallest absolute Gasteiger partial charge is 0.265 e. The van der Waals surface area contributed by atoms with E-state index in [1.165, 1.54) is 4.31 Å². The van der Waals surface area contributed by atoms with E-state index in [0.29, 0.717) is 30.0 Å². The molecule has 218 valence electrons. The van der Waals surface area contributed by atoms with Gasteiger partial charge in [0.1, 0.15) is 6.04 Å². The first kappa shape index (κ1) is 29.3. The Bertz CT molecular complexity index is 1670. The van der Waals surface area contributed by atoms with Gasteiger partial charge in [-0.15, -0.1) is 0 Å². The highest BCUT2D eigenvalue weighted by molar-refractivity contribution is 7.93. The number of hydrogen-bond donors (Lipinski definition) is 1. The third kappa shape index (κ3) is 6.19. The number of rotatable bonds is 12. The number of amides is 2. The summed E-state index contributed by atoms with van der Waals surface area (Å²) in [5, 5.41) is 4.59. The van der Waals surface area contributed by atoms with Crippen molar-refractivity contribution in [1.29, 1.82) is 0 Å². The van der Waals surface area contributed by atoms with Crippen LogP contribution in [-0.2, 0) is 32.6 Å². The summed E-state index contributed by atoms with van der Waals surface area (Å²) in [6, 6.07) is 27.8. The molecule has 5 rings (SSSR count). The fraction of sp³-hybridized carbons (Fsp3) is 0.294. The van der Waals surface area contributed by atoms with Crippen LogP contribution in [0.15, 0.2) is 95.9 Å². The van der Waals surface area contributed by atoms with E-state index in [2.05, 4.69) is 5.32 Å². The minimum Gasteiger partial charge on any atom is -0.354 e. The average molecular weight is 584 g/mol. The van der Waals surface area contributed by atoms with Crippen LogP contribution in [0.1, 0.15) is 42.9 Å². The summed E-state index contributed by atoms with van der Waals surface area (Å²) >= 11 is 0. The van der Waals surface area contributed by atoms with Crippen molar-refractivity contribution in [3.8, 4) is 0 Å². The van der Waals surface area contributed by atoms with Crippen LogP contribution in [0.25, 0.3) is 10.8 Å². The first-order valence-corrected chi connectivity index (χ1v) is 15.9. The lowest BCUT2D eigenvalue weighted by Crippen LogP contribution is -2.50. The zero-order chi connectivity index (χ0) is 29.7. The van der Waals surface area contributed by atoms with Gasteiger partial charge in [-0.05, 0) is 48.4 Å². The second-order valence-electron chi connectivity index (χ2n) is 10.8. The summed E-state index contributed by atoms with van der Waals surface area (Å²) in [7, 11) is -3.71. The van der Waals surface area contributed by atoms with E-state index in [1.54, 1.807) is 17.0 Å². The SMILES string of the molecule is CCCNC(=O)C(Cc1ccccc1)N(Cc1ccc(C)cc1)C(=O)CCCN1c2cccc3cccc(c23)S1(=O)=O. The maximum absolute atomic E-state index is 13.9. The van der Waals surface area contributed by atoms with Gasteiger partial charge in [-0.3, -0.25) is 13.9 Å². The van der Waals surface area contributed by atoms with Crippen LogP contribution in [0, 0.1) is 6.92 Å². The fourth-order valence-electron chi connectivity index (χ4n) is 5.53. The van der Waals surface area contributed by atoms with Gasteiger partial charge in [-0.2, -0.15) is 0 Å². The lowest BCUT2D eigenvalue weighted by molar-refractivity contribution is -0.141. The van der Waals surface area contributed by atoms with Crippen molar-refractivity contribution in [2.45, 2.75) is 57.0 Å². The van der Waals surface area contributed by atoms with Gasteiger partial charge in [-0.1, -0.05) is 91.3 Å². The molecule has 1 aliphatic rings. The Morgan fingerprint density at radius 1 is 0.881 bits per heavy atom. The monoisotopic (exact) mass is 583 g/mol. The lowest BCUT2D eigenvalue weighted by Gasteiger charge is -2.32. The zero-order valence-electron chi connectivity index (χ0n) is 24.1. The lowest BCUT2D eigenvalue weighted by atomic mass is 10.0. The highest BCUT2D eigenvalue weighted by Gasteiger charge is 2.36. The molecule has 1 N–H and O–H groups in total. The minimum atomic E-state index is -3.71. The summed E-state index contributed by atoms with van der Waals surface area (Å²) in [6.07, 6.45) is 1.60. The molecule has 1 aliphatic heterocycles. The first-order chi connectivity index (χ1) is 20.3. The van der Waals surface area contributed by atoms with Crippen molar-refractivity contribution < 1.29 is 18.0 Å². The first-order valence-electron chi connectivity index (χ1n) is 14.5. The Morgan fingerprint density at radius 3 is 2.31 bits per heavy atom. The van der Waals surface area contributed by atoms with Crippen molar-refractivity contribution in [2.24, 2.45) is 0 Å². The summed E-state index contributed by atoms with van der Waals surface area (Å²) in [4.78, 5) is 29.4. The predicted molar refractivity (Wildman–Crippen MR) is 167 cm³/mol. The Hall–Kier alpha value is -4.17. The fourth-order valence-corrected chi connectivity index (χ4v) is 7.28. The van der Waals surface area contributed by atoms with Gasteiger partial charge < -0.3 is 10.2 Å². The van der Waals surface area contributed by atoms with Gasteiger partial charge in [0.25, 0.3) is 10.0 Å². The second-order valence-corrected chi connectivity index (χ2v) is 12.6. The summed E-state index contributed by atoms with van der Waals surface area (Å²) in [5.41, 5.74) is 3.65. The maximum atomic E-state index is 13.9. The van der Waals surface area contributed by atoms with Crippen LogP contribution in [0.5, 0.6) is 0 Å². The van der Waals surface area contributed by atoms with Crippen LogP contribution in [0.4, 0.5) is 5.69 Å². The normalized spacial score (nSPS) is 14.1. The van der Waals surface area contributed by atoms with E-state index in [0.717, 1.165) is 33.9 Å². The molecule has 0 saturated heterocycles.